The summed E-state index contributed by atoms with van der Waals surface area (Å²) in [6.45, 7) is 6.31. The first-order valence-electron chi connectivity index (χ1n) is 14.8. The fourth-order valence-corrected chi connectivity index (χ4v) is 9.47. The number of fused-ring (bicyclic) bond motifs is 2. The van der Waals surface area contributed by atoms with Crippen LogP contribution in [0.15, 0.2) is 72.8 Å². The molecule has 0 aliphatic carbocycles. The molecule has 1 spiro atoms. The molecule has 2 amide bonds. The van der Waals surface area contributed by atoms with Gasteiger partial charge < -0.3 is 19.6 Å². The van der Waals surface area contributed by atoms with Crippen LogP contribution in [0.25, 0.3) is 0 Å². The average Bonchev–Trinajstić information content (AvgIpc) is 3.33. The van der Waals surface area contributed by atoms with Crippen LogP contribution in [0.5, 0.6) is 0 Å². The molecule has 2 aromatic rings. The van der Waals surface area contributed by atoms with Crippen molar-refractivity contribution < 1.29 is 24.2 Å². The first kappa shape index (κ1) is 28.7. The molecule has 220 valence electrons. The number of hydrogen-bond acceptors (Lipinski definition) is 6. The van der Waals surface area contributed by atoms with Gasteiger partial charge in [0, 0.05) is 17.0 Å². The maximum atomic E-state index is 14.9. The molecule has 8 heteroatoms. The number of thioether (sulfide) groups is 1. The molecule has 2 saturated heterocycles. The third-order valence-electron chi connectivity index (χ3n) is 9.26. The van der Waals surface area contributed by atoms with Gasteiger partial charge in [0.1, 0.15) is 6.04 Å². The Hall–Kier alpha value is -3.36. The van der Waals surface area contributed by atoms with E-state index < -0.39 is 39.4 Å². The first-order valence-corrected chi connectivity index (χ1v) is 15.6. The Morgan fingerprint density at radius 3 is 2.57 bits per heavy atom. The second kappa shape index (κ2) is 11.0. The lowest BCUT2D eigenvalue weighted by molar-refractivity contribution is -0.154. The normalized spacial score (nSPS) is 32.2. The molecule has 2 fully saturated rings. The highest BCUT2D eigenvalue weighted by Crippen LogP contribution is 2.65. The number of anilines is 1. The van der Waals surface area contributed by atoms with Crippen molar-refractivity contribution in [1.82, 2.24) is 4.90 Å². The summed E-state index contributed by atoms with van der Waals surface area (Å²) >= 11 is 1.53. The van der Waals surface area contributed by atoms with Crippen molar-refractivity contribution in [2.75, 3.05) is 24.7 Å². The standard InChI is InChI=1S/C34H38N2O5S/c1-22-13-14-23(2)26(19-22)35-17-10-16-34-27(28-32(40)41-18-9-5-8-15-33(28,3)42-34)30(38)36(29(34)31(35)39)25(21-37)20-24-11-6-4-7-12-24/h4,6-8,10-16,19,25,27-29,37H,5,9,17-18,20-21H2,1-3H3/b15-8-/t25-,27+,28+,29?,33-,34+/m1/s1. The van der Waals surface area contributed by atoms with Gasteiger partial charge in [-0.3, -0.25) is 14.4 Å². The second-order valence-electron chi connectivity index (χ2n) is 12.1. The van der Waals surface area contributed by atoms with Crippen molar-refractivity contribution in [3.8, 4) is 0 Å². The molecule has 0 bridgehead atoms. The number of ether oxygens (including phenoxy) is 1. The summed E-state index contributed by atoms with van der Waals surface area (Å²) in [6, 6.07) is 14.2. The fraction of sp³-hybridized carbons (Fsp3) is 0.441. The summed E-state index contributed by atoms with van der Waals surface area (Å²) in [5.74, 6) is -2.45. The molecule has 6 rings (SSSR count). The van der Waals surface area contributed by atoms with E-state index in [0.717, 1.165) is 35.2 Å². The molecular weight excluding hydrogens is 548 g/mol. The number of cyclic esters (lactones) is 1. The molecule has 0 aromatic heterocycles. The maximum Gasteiger partial charge on any atom is 0.311 e. The number of nitrogens with zero attached hydrogens (tertiary/aromatic N) is 2. The molecule has 4 heterocycles. The second-order valence-corrected chi connectivity index (χ2v) is 13.9. The molecule has 4 aliphatic rings. The third kappa shape index (κ3) is 4.60. The average molecular weight is 587 g/mol. The van der Waals surface area contributed by atoms with Crippen LogP contribution in [0, 0.1) is 25.7 Å². The van der Waals surface area contributed by atoms with E-state index in [0.29, 0.717) is 19.6 Å². The molecule has 0 saturated carbocycles. The van der Waals surface area contributed by atoms with Gasteiger partial charge in [0.25, 0.3) is 5.91 Å². The number of allylic oxidation sites excluding steroid dienone is 1. The van der Waals surface area contributed by atoms with Gasteiger partial charge in [0.2, 0.25) is 5.91 Å². The first-order chi connectivity index (χ1) is 20.2. The van der Waals surface area contributed by atoms with E-state index in [1.807, 2.05) is 81.5 Å². The zero-order valence-corrected chi connectivity index (χ0v) is 25.2. The number of amides is 2. The topological polar surface area (TPSA) is 87.2 Å². The lowest BCUT2D eigenvalue weighted by atomic mass is 9.74. The number of aliphatic hydroxyl groups is 1. The number of likely N-dealkylation sites (tertiary alicyclic amines) is 1. The van der Waals surface area contributed by atoms with Gasteiger partial charge >= 0.3 is 5.97 Å². The maximum absolute atomic E-state index is 14.9. The van der Waals surface area contributed by atoms with Crippen LogP contribution in [0.4, 0.5) is 5.69 Å². The highest BCUT2D eigenvalue weighted by atomic mass is 32.2. The highest BCUT2D eigenvalue weighted by molar-refractivity contribution is 8.02. The quantitative estimate of drug-likeness (QED) is 0.413. The van der Waals surface area contributed by atoms with Crippen LogP contribution in [-0.2, 0) is 25.5 Å². The molecule has 42 heavy (non-hydrogen) atoms. The summed E-state index contributed by atoms with van der Waals surface area (Å²) in [4.78, 5) is 46.8. The lowest BCUT2D eigenvalue weighted by Crippen LogP contribution is -2.57. The summed E-state index contributed by atoms with van der Waals surface area (Å²) in [7, 11) is 0. The molecule has 4 aliphatic heterocycles. The number of benzene rings is 2. The van der Waals surface area contributed by atoms with Crippen molar-refractivity contribution in [3.63, 3.8) is 0 Å². The number of aryl methyl sites for hydroxylation is 2. The largest absolute Gasteiger partial charge is 0.465 e. The van der Waals surface area contributed by atoms with Crippen LogP contribution in [-0.4, -0.2) is 69.1 Å². The Kier molecular flexibility index (Phi) is 7.56. The number of carbonyl (C=O) groups excluding carboxylic acids is 3. The Morgan fingerprint density at radius 1 is 1.02 bits per heavy atom. The number of carbonyl (C=O) groups is 3. The summed E-state index contributed by atoms with van der Waals surface area (Å²) in [6.07, 6.45) is 10.0. The molecule has 1 N–H and O–H groups in total. The van der Waals surface area contributed by atoms with Crippen LogP contribution in [0.3, 0.4) is 0 Å². The highest BCUT2D eigenvalue weighted by Gasteiger charge is 2.74. The van der Waals surface area contributed by atoms with Crippen molar-refractivity contribution >= 4 is 35.2 Å². The molecule has 0 radical (unpaired) electrons. The smallest absolute Gasteiger partial charge is 0.311 e. The van der Waals surface area contributed by atoms with Crippen LogP contribution < -0.4 is 4.90 Å². The molecule has 1 unspecified atom stereocenters. The number of hydrogen-bond donors (Lipinski definition) is 1. The minimum absolute atomic E-state index is 0.198. The fourth-order valence-electron chi connectivity index (χ4n) is 7.33. The van der Waals surface area contributed by atoms with E-state index in [4.69, 9.17) is 4.74 Å². The lowest BCUT2D eigenvalue weighted by Gasteiger charge is -2.40. The monoisotopic (exact) mass is 586 g/mol. The van der Waals surface area contributed by atoms with Crippen molar-refractivity contribution in [3.05, 3.63) is 89.5 Å². The third-order valence-corrected chi connectivity index (χ3v) is 11.1. The van der Waals surface area contributed by atoms with Gasteiger partial charge in [0.05, 0.1) is 35.8 Å². The molecule has 6 atom stereocenters. The van der Waals surface area contributed by atoms with Gasteiger partial charge in [-0.1, -0.05) is 66.8 Å². The van der Waals surface area contributed by atoms with Gasteiger partial charge in [-0.05, 0) is 62.8 Å². The Labute approximate surface area is 251 Å². The predicted molar refractivity (Wildman–Crippen MR) is 164 cm³/mol. The molecule has 7 nitrogen and oxygen atoms in total. The zero-order valence-electron chi connectivity index (χ0n) is 24.4. The van der Waals surface area contributed by atoms with E-state index in [2.05, 4.69) is 12.2 Å². The van der Waals surface area contributed by atoms with Gasteiger partial charge in [0.15, 0.2) is 0 Å². The SMILES string of the molecule is Cc1ccc(C)c(N2CC=C[C@]34S[C@]5(C)/C=C\CCCOC(=O)[C@@H]5[C@H]3C(=O)N([C@@H](CO)Cc3ccccc3)C4C2=O)c1. The van der Waals surface area contributed by atoms with E-state index in [1.165, 1.54) is 11.8 Å². The van der Waals surface area contributed by atoms with Crippen LogP contribution >= 0.6 is 11.8 Å². The van der Waals surface area contributed by atoms with Crippen LogP contribution in [0.1, 0.15) is 36.5 Å². The van der Waals surface area contributed by atoms with Crippen LogP contribution in [0.2, 0.25) is 0 Å². The summed E-state index contributed by atoms with van der Waals surface area (Å²) in [5, 5.41) is 10.7. The number of esters is 1. The summed E-state index contributed by atoms with van der Waals surface area (Å²) < 4.78 is 3.99. The minimum atomic E-state index is -1.01. The van der Waals surface area contributed by atoms with E-state index >= 15 is 0 Å². The van der Waals surface area contributed by atoms with Crippen molar-refractivity contribution in [2.45, 2.75) is 61.6 Å². The van der Waals surface area contributed by atoms with Gasteiger partial charge in [-0.25, -0.2) is 0 Å². The zero-order chi connectivity index (χ0) is 29.6. The predicted octanol–water partition coefficient (Wildman–Crippen LogP) is 4.39. The Balaban J connectivity index is 1.52. The Bertz CT molecular complexity index is 1460. The van der Waals surface area contributed by atoms with Gasteiger partial charge in [-0.15, -0.1) is 11.8 Å². The summed E-state index contributed by atoms with van der Waals surface area (Å²) in [5.41, 5.74) is 3.76. The van der Waals surface area contributed by atoms with E-state index in [9.17, 15) is 19.5 Å². The number of aliphatic hydroxyl groups excluding tert-OH is 1. The van der Waals surface area contributed by atoms with Crippen molar-refractivity contribution in [2.24, 2.45) is 11.8 Å². The Morgan fingerprint density at radius 2 is 1.81 bits per heavy atom. The molecule has 2 aromatic carbocycles. The van der Waals surface area contributed by atoms with Crippen molar-refractivity contribution in [1.29, 1.82) is 0 Å². The van der Waals surface area contributed by atoms with E-state index in [-0.39, 0.29) is 18.4 Å². The minimum Gasteiger partial charge on any atom is -0.465 e. The molecular formula is C34H38N2O5S. The number of rotatable bonds is 5. The van der Waals surface area contributed by atoms with E-state index in [1.54, 1.807) is 9.80 Å². The van der Waals surface area contributed by atoms with Gasteiger partial charge in [-0.2, -0.15) is 0 Å².